The minimum atomic E-state index is -0.426. The Bertz CT molecular complexity index is 817. The standard InChI is InChI=1S/C15H12O4/c1-17-11-7-3-5-9-10-6-4-8-12(18-2)14(10)19-15(16)13(9)11/h3-8H,1-2H3. The Hall–Kier alpha value is -2.49. The average Bonchev–Trinajstić information content (AvgIpc) is 2.46. The van der Waals surface area contributed by atoms with Crippen LogP contribution in [0.4, 0.5) is 0 Å². The highest BCUT2D eigenvalue weighted by molar-refractivity contribution is 6.07. The highest BCUT2D eigenvalue weighted by atomic mass is 16.5. The fraction of sp³-hybridized carbons (Fsp3) is 0.133. The Morgan fingerprint density at radius 3 is 2.21 bits per heavy atom. The van der Waals surface area contributed by atoms with E-state index in [1.165, 1.54) is 7.11 Å². The Balaban J connectivity index is 2.58. The van der Waals surface area contributed by atoms with Gasteiger partial charge in [0.1, 0.15) is 11.1 Å². The largest absolute Gasteiger partial charge is 0.496 e. The van der Waals surface area contributed by atoms with Crippen LogP contribution in [0.5, 0.6) is 11.5 Å². The van der Waals surface area contributed by atoms with Crippen molar-refractivity contribution in [3.8, 4) is 11.5 Å². The van der Waals surface area contributed by atoms with Gasteiger partial charge in [0.15, 0.2) is 11.3 Å². The quantitative estimate of drug-likeness (QED) is 0.522. The van der Waals surface area contributed by atoms with Crippen LogP contribution in [0.1, 0.15) is 0 Å². The van der Waals surface area contributed by atoms with Gasteiger partial charge >= 0.3 is 5.63 Å². The number of benzene rings is 2. The molecule has 1 aromatic heterocycles. The van der Waals surface area contributed by atoms with E-state index in [2.05, 4.69) is 0 Å². The molecule has 0 aliphatic carbocycles. The molecule has 0 saturated carbocycles. The Morgan fingerprint density at radius 2 is 1.53 bits per heavy atom. The molecular weight excluding hydrogens is 244 g/mol. The van der Waals surface area contributed by atoms with Crippen LogP contribution in [-0.4, -0.2) is 14.2 Å². The number of para-hydroxylation sites is 1. The lowest BCUT2D eigenvalue weighted by Gasteiger charge is -2.08. The van der Waals surface area contributed by atoms with Gasteiger partial charge in [0, 0.05) is 10.8 Å². The molecular formula is C15H12O4. The molecule has 0 atom stereocenters. The van der Waals surface area contributed by atoms with E-state index in [1.54, 1.807) is 19.2 Å². The minimum Gasteiger partial charge on any atom is -0.496 e. The first kappa shape index (κ1) is 11.6. The summed E-state index contributed by atoms with van der Waals surface area (Å²) < 4.78 is 15.8. The number of hydrogen-bond donors (Lipinski definition) is 0. The fourth-order valence-electron chi connectivity index (χ4n) is 2.27. The Labute approximate surface area is 109 Å². The second-order valence-corrected chi connectivity index (χ2v) is 4.11. The molecule has 3 rings (SSSR count). The van der Waals surface area contributed by atoms with Gasteiger partial charge < -0.3 is 13.9 Å². The second-order valence-electron chi connectivity index (χ2n) is 4.11. The summed E-state index contributed by atoms with van der Waals surface area (Å²) in [5, 5.41) is 2.07. The maximum absolute atomic E-state index is 12.1. The number of hydrogen-bond acceptors (Lipinski definition) is 4. The lowest BCUT2D eigenvalue weighted by molar-refractivity contribution is 0.405. The van der Waals surface area contributed by atoms with Crippen LogP contribution in [0.3, 0.4) is 0 Å². The van der Waals surface area contributed by atoms with Crippen LogP contribution >= 0.6 is 0 Å². The van der Waals surface area contributed by atoms with Gasteiger partial charge in [-0.3, -0.25) is 0 Å². The zero-order valence-electron chi connectivity index (χ0n) is 10.6. The van der Waals surface area contributed by atoms with E-state index in [4.69, 9.17) is 13.9 Å². The first-order valence-corrected chi connectivity index (χ1v) is 5.83. The maximum atomic E-state index is 12.1. The van der Waals surface area contributed by atoms with E-state index < -0.39 is 5.63 Å². The van der Waals surface area contributed by atoms with E-state index >= 15 is 0 Å². The molecule has 0 saturated heterocycles. The molecule has 0 amide bonds. The number of rotatable bonds is 2. The molecule has 0 aliphatic heterocycles. The summed E-state index contributed by atoms with van der Waals surface area (Å²) in [5.74, 6) is 1.05. The van der Waals surface area contributed by atoms with Crippen LogP contribution in [0.2, 0.25) is 0 Å². The first-order valence-electron chi connectivity index (χ1n) is 5.83. The van der Waals surface area contributed by atoms with Crippen LogP contribution in [0, 0.1) is 0 Å². The van der Waals surface area contributed by atoms with Crippen molar-refractivity contribution in [3.63, 3.8) is 0 Å². The van der Waals surface area contributed by atoms with Gasteiger partial charge in [-0.2, -0.15) is 0 Å². The molecule has 3 aromatic rings. The third kappa shape index (κ3) is 1.64. The number of methoxy groups -OCH3 is 2. The molecule has 96 valence electrons. The van der Waals surface area contributed by atoms with Crippen LogP contribution < -0.4 is 15.1 Å². The second kappa shape index (κ2) is 4.31. The van der Waals surface area contributed by atoms with Crippen molar-refractivity contribution >= 4 is 21.7 Å². The third-order valence-electron chi connectivity index (χ3n) is 3.13. The SMILES string of the molecule is COc1cccc2c1oc(=O)c1c(OC)cccc12. The first-order chi connectivity index (χ1) is 9.26. The van der Waals surface area contributed by atoms with E-state index in [0.29, 0.717) is 22.5 Å². The van der Waals surface area contributed by atoms with E-state index in [0.717, 1.165) is 10.8 Å². The number of fused-ring (bicyclic) bond motifs is 3. The summed E-state index contributed by atoms with van der Waals surface area (Å²) in [5.41, 5.74) is 0.0280. The van der Waals surface area contributed by atoms with Gasteiger partial charge in [0.2, 0.25) is 0 Å². The van der Waals surface area contributed by atoms with Crippen LogP contribution in [0.25, 0.3) is 21.7 Å². The Kier molecular flexibility index (Phi) is 2.63. The van der Waals surface area contributed by atoms with Gasteiger partial charge in [-0.15, -0.1) is 0 Å². The molecule has 19 heavy (non-hydrogen) atoms. The average molecular weight is 256 g/mol. The van der Waals surface area contributed by atoms with Crippen molar-refractivity contribution in [1.29, 1.82) is 0 Å². The van der Waals surface area contributed by atoms with Crippen LogP contribution in [0.15, 0.2) is 45.6 Å². The highest BCUT2D eigenvalue weighted by Crippen LogP contribution is 2.32. The lowest BCUT2D eigenvalue weighted by Crippen LogP contribution is -2.02. The van der Waals surface area contributed by atoms with E-state index in [1.807, 2.05) is 24.3 Å². The van der Waals surface area contributed by atoms with Gasteiger partial charge in [0.25, 0.3) is 0 Å². The normalized spacial score (nSPS) is 10.8. The monoisotopic (exact) mass is 256 g/mol. The van der Waals surface area contributed by atoms with Crippen molar-refractivity contribution < 1.29 is 13.9 Å². The molecule has 0 spiro atoms. The maximum Gasteiger partial charge on any atom is 0.348 e. The molecule has 0 aliphatic rings. The molecule has 0 radical (unpaired) electrons. The van der Waals surface area contributed by atoms with Crippen molar-refractivity contribution in [1.82, 2.24) is 0 Å². The number of ether oxygens (including phenoxy) is 2. The van der Waals surface area contributed by atoms with Crippen LogP contribution in [-0.2, 0) is 0 Å². The third-order valence-corrected chi connectivity index (χ3v) is 3.13. The molecule has 0 unspecified atom stereocenters. The zero-order valence-corrected chi connectivity index (χ0v) is 10.6. The molecule has 4 nitrogen and oxygen atoms in total. The van der Waals surface area contributed by atoms with Crippen molar-refractivity contribution in [2.24, 2.45) is 0 Å². The lowest BCUT2D eigenvalue weighted by atomic mass is 10.1. The summed E-state index contributed by atoms with van der Waals surface area (Å²) in [6.45, 7) is 0. The topological polar surface area (TPSA) is 48.7 Å². The predicted molar refractivity (Wildman–Crippen MR) is 73.1 cm³/mol. The van der Waals surface area contributed by atoms with E-state index in [9.17, 15) is 4.79 Å². The summed E-state index contributed by atoms with van der Waals surface area (Å²) in [7, 11) is 3.08. The summed E-state index contributed by atoms with van der Waals surface area (Å²) in [4.78, 5) is 12.1. The van der Waals surface area contributed by atoms with Gasteiger partial charge in [0.05, 0.1) is 14.2 Å². The zero-order chi connectivity index (χ0) is 13.4. The van der Waals surface area contributed by atoms with Gasteiger partial charge in [-0.05, 0) is 12.1 Å². The van der Waals surface area contributed by atoms with Crippen molar-refractivity contribution in [2.75, 3.05) is 14.2 Å². The van der Waals surface area contributed by atoms with Crippen molar-refractivity contribution in [3.05, 3.63) is 46.8 Å². The summed E-state index contributed by atoms with van der Waals surface area (Å²) in [6.07, 6.45) is 0. The van der Waals surface area contributed by atoms with Crippen molar-refractivity contribution in [2.45, 2.75) is 0 Å². The fourth-order valence-corrected chi connectivity index (χ4v) is 2.27. The smallest absolute Gasteiger partial charge is 0.348 e. The molecule has 0 fully saturated rings. The minimum absolute atomic E-state index is 0.426. The molecule has 4 heteroatoms. The summed E-state index contributed by atoms with van der Waals surface area (Å²) >= 11 is 0. The molecule has 1 heterocycles. The van der Waals surface area contributed by atoms with Gasteiger partial charge in [-0.1, -0.05) is 24.3 Å². The molecule has 2 aromatic carbocycles. The predicted octanol–water partition coefficient (Wildman–Crippen LogP) is 2.96. The highest BCUT2D eigenvalue weighted by Gasteiger charge is 2.13. The van der Waals surface area contributed by atoms with Gasteiger partial charge in [-0.25, -0.2) is 4.79 Å². The van der Waals surface area contributed by atoms with E-state index in [-0.39, 0.29) is 0 Å². The Morgan fingerprint density at radius 1 is 0.895 bits per heavy atom. The molecule has 0 N–H and O–H groups in total. The molecule has 0 bridgehead atoms. The summed E-state index contributed by atoms with van der Waals surface area (Å²) in [6, 6.07) is 11.0.